The van der Waals surface area contributed by atoms with Crippen molar-refractivity contribution in [3.63, 3.8) is 0 Å². The number of anilines is 1. The standard InChI is InChI=1S/C16H15FN2S3/c1-3-12-13(7-6-10(2)17)21-15-14(12)19-22-16(15)18-9-11-5-4-8-20-11/h1,4-5,8,10,18H,6-7,9H2,2H3/t10-/m0/s1. The maximum absolute atomic E-state index is 13.1. The van der Waals surface area contributed by atoms with Crippen molar-refractivity contribution in [1.82, 2.24) is 4.37 Å². The summed E-state index contributed by atoms with van der Waals surface area (Å²) >= 11 is 4.80. The summed E-state index contributed by atoms with van der Waals surface area (Å²) in [5, 5.41) is 6.55. The van der Waals surface area contributed by atoms with Crippen LogP contribution in [0.4, 0.5) is 9.39 Å². The smallest absolute Gasteiger partial charge is 0.127 e. The zero-order valence-corrected chi connectivity index (χ0v) is 14.5. The molecule has 3 heterocycles. The van der Waals surface area contributed by atoms with Crippen molar-refractivity contribution in [2.75, 3.05) is 5.32 Å². The van der Waals surface area contributed by atoms with E-state index in [9.17, 15) is 4.39 Å². The van der Waals surface area contributed by atoms with Crippen molar-refractivity contribution < 1.29 is 4.39 Å². The van der Waals surface area contributed by atoms with E-state index in [-0.39, 0.29) is 0 Å². The number of nitrogens with zero attached hydrogens (tertiary/aromatic N) is 1. The molecule has 0 aliphatic carbocycles. The van der Waals surface area contributed by atoms with Crippen LogP contribution in [0.5, 0.6) is 0 Å². The molecular weight excluding hydrogens is 335 g/mol. The molecule has 1 atom stereocenters. The van der Waals surface area contributed by atoms with Crippen molar-refractivity contribution in [2.24, 2.45) is 0 Å². The number of alkyl halides is 1. The quantitative estimate of drug-likeness (QED) is 0.610. The Morgan fingerprint density at radius 1 is 1.50 bits per heavy atom. The van der Waals surface area contributed by atoms with Crippen LogP contribution in [0.15, 0.2) is 17.5 Å². The van der Waals surface area contributed by atoms with Crippen LogP contribution in [0.2, 0.25) is 0 Å². The van der Waals surface area contributed by atoms with Gasteiger partial charge < -0.3 is 5.32 Å². The summed E-state index contributed by atoms with van der Waals surface area (Å²) in [6, 6.07) is 4.15. The van der Waals surface area contributed by atoms with E-state index < -0.39 is 6.17 Å². The molecule has 0 saturated carbocycles. The highest BCUT2D eigenvalue weighted by Crippen LogP contribution is 2.39. The molecule has 0 radical (unpaired) electrons. The van der Waals surface area contributed by atoms with Crippen LogP contribution in [0.1, 0.15) is 28.7 Å². The van der Waals surface area contributed by atoms with E-state index in [2.05, 4.69) is 27.1 Å². The lowest BCUT2D eigenvalue weighted by Gasteiger charge is -2.01. The van der Waals surface area contributed by atoms with E-state index >= 15 is 0 Å². The van der Waals surface area contributed by atoms with Crippen molar-refractivity contribution >= 4 is 49.4 Å². The number of hydrogen-bond acceptors (Lipinski definition) is 5. The highest BCUT2D eigenvalue weighted by molar-refractivity contribution is 7.24. The number of nitrogens with one attached hydrogen (secondary N) is 1. The molecule has 6 heteroatoms. The van der Waals surface area contributed by atoms with Gasteiger partial charge in [0, 0.05) is 9.75 Å². The van der Waals surface area contributed by atoms with Gasteiger partial charge in [0.2, 0.25) is 0 Å². The number of thiophene rings is 2. The van der Waals surface area contributed by atoms with Gasteiger partial charge in [0.25, 0.3) is 0 Å². The fourth-order valence-corrected chi connectivity index (χ4v) is 4.94. The first-order chi connectivity index (χ1) is 10.7. The largest absolute Gasteiger partial charge is 0.370 e. The van der Waals surface area contributed by atoms with Gasteiger partial charge in [-0.05, 0) is 42.7 Å². The Kier molecular flexibility index (Phi) is 4.77. The third-order valence-electron chi connectivity index (χ3n) is 3.31. The van der Waals surface area contributed by atoms with Gasteiger partial charge in [-0.2, -0.15) is 4.37 Å². The van der Waals surface area contributed by atoms with Crippen molar-refractivity contribution in [3.8, 4) is 12.3 Å². The molecule has 114 valence electrons. The Hall–Kier alpha value is -1.42. The average molecular weight is 351 g/mol. The van der Waals surface area contributed by atoms with Crippen LogP contribution >= 0.6 is 34.2 Å². The first kappa shape index (κ1) is 15.5. The minimum Gasteiger partial charge on any atom is -0.370 e. The van der Waals surface area contributed by atoms with Crippen molar-refractivity contribution in [3.05, 3.63) is 32.8 Å². The van der Waals surface area contributed by atoms with E-state index in [4.69, 9.17) is 6.42 Å². The summed E-state index contributed by atoms with van der Waals surface area (Å²) in [7, 11) is 0. The fourth-order valence-electron chi connectivity index (χ4n) is 2.19. The molecule has 22 heavy (non-hydrogen) atoms. The number of fused-ring (bicyclic) bond motifs is 1. The summed E-state index contributed by atoms with van der Waals surface area (Å²) in [6.07, 6.45) is 6.00. The molecular formula is C16H15FN2S3. The molecule has 0 saturated heterocycles. The molecule has 3 rings (SSSR count). The van der Waals surface area contributed by atoms with Crippen LogP contribution in [-0.4, -0.2) is 10.5 Å². The molecule has 0 unspecified atom stereocenters. The molecule has 3 aromatic rings. The summed E-state index contributed by atoms with van der Waals surface area (Å²) in [6.45, 7) is 2.37. The topological polar surface area (TPSA) is 24.9 Å². The summed E-state index contributed by atoms with van der Waals surface area (Å²) in [4.78, 5) is 2.35. The molecule has 0 aromatic carbocycles. The van der Waals surface area contributed by atoms with E-state index in [1.807, 2.05) is 6.07 Å². The normalized spacial score (nSPS) is 12.4. The minimum atomic E-state index is -0.811. The molecule has 2 nitrogen and oxygen atoms in total. The Morgan fingerprint density at radius 2 is 2.36 bits per heavy atom. The Labute approximate surface area is 141 Å². The lowest BCUT2D eigenvalue weighted by Crippen LogP contribution is -1.95. The predicted molar refractivity (Wildman–Crippen MR) is 96.0 cm³/mol. The Bertz CT molecular complexity index is 793. The number of aromatic nitrogens is 1. The molecule has 0 bridgehead atoms. The number of hydrogen-bond donors (Lipinski definition) is 1. The van der Waals surface area contributed by atoms with E-state index in [0.29, 0.717) is 12.8 Å². The average Bonchev–Trinajstić information content (AvgIpc) is 3.19. The highest BCUT2D eigenvalue weighted by Gasteiger charge is 2.17. The molecule has 1 N–H and O–H groups in total. The van der Waals surface area contributed by atoms with Crippen molar-refractivity contribution in [1.29, 1.82) is 0 Å². The molecule has 0 aliphatic rings. The van der Waals surface area contributed by atoms with Gasteiger partial charge in [-0.15, -0.1) is 29.1 Å². The number of terminal acetylenes is 1. The third kappa shape index (κ3) is 3.17. The summed E-state index contributed by atoms with van der Waals surface area (Å²) in [5.41, 5.74) is 1.72. The van der Waals surface area contributed by atoms with Gasteiger partial charge in [0.15, 0.2) is 0 Å². The van der Waals surface area contributed by atoms with Crippen LogP contribution in [0, 0.1) is 12.3 Å². The summed E-state index contributed by atoms with van der Waals surface area (Å²) in [5.74, 6) is 2.73. The van der Waals surface area contributed by atoms with Gasteiger partial charge in [0.05, 0.1) is 23.0 Å². The van der Waals surface area contributed by atoms with Crippen LogP contribution in [0.3, 0.4) is 0 Å². The second kappa shape index (κ2) is 6.78. The minimum absolute atomic E-state index is 0.499. The van der Waals surface area contributed by atoms with Crippen LogP contribution < -0.4 is 5.32 Å². The fraction of sp³-hybridized carbons (Fsp3) is 0.312. The van der Waals surface area contributed by atoms with E-state index in [1.54, 1.807) is 29.6 Å². The van der Waals surface area contributed by atoms with Gasteiger partial charge in [-0.25, -0.2) is 4.39 Å². The van der Waals surface area contributed by atoms with E-state index in [1.165, 1.54) is 16.4 Å². The second-order valence-corrected chi connectivity index (χ2v) is 7.90. The van der Waals surface area contributed by atoms with Gasteiger partial charge in [-0.3, -0.25) is 0 Å². The lowest BCUT2D eigenvalue weighted by molar-refractivity contribution is 0.342. The first-order valence-electron chi connectivity index (χ1n) is 6.97. The molecule has 3 aromatic heterocycles. The number of rotatable bonds is 6. The molecule has 0 amide bonds. The van der Waals surface area contributed by atoms with Gasteiger partial charge in [0.1, 0.15) is 10.5 Å². The van der Waals surface area contributed by atoms with Crippen molar-refractivity contribution in [2.45, 2.75) is 32.5 Å². The molecule has 0 aliphatic heterocycles. The third-order valence-corrected chi connectivity index (χ3v) is 6.37. The zero-order chi connectivity index (χ0) is 15.5. The van der Waals surface area contributed by atoms with Crippen LogP contribution in [-0.2, 0) is 13.0 Å². The number of halogens is 1. The Morgan fingerprint density at radius 3 is 3.05 bits per heavy atom. The predicted octanol–water partition coefficient (Wildman–Crippen LogP) is 5.30. The molecule has 0 fully saturated rings. The highest BCUT2D eigenvalue weighted by atomic mass is 32.1. The first-order valence-corrected chi connectivity index (χ1v) is 9.44. The van der Waals surface area contributed by atoms with Gasteiger partial charge >= 0.3 is 0 Å². The zero-order valence-electron chi connectivity index (χ0n) is 12.1. The summed E-state index contributed by atoms with van der Waals surface area (Å²) < 4.78 is 18.7. The Balaban J connectivity index is 1.84. The van der Waals surface area contributed by atoms with Crippen LogP contribution in [0.25, 0.3) is 10.2 Å². The number of aryl methyl sites for hydroxylation is 1. The SMILES string of the molecule is C#Cc1c(CC[C@H](C)F)sc2c(NCc3cccs3)snc12. The maximum atomic E-state index is 13.1. The second-order valence-electron chi connectivity index (χ2n) is 4.99. The monoisotopic (exact) mass is 350 g/mol. The molecule has 0 spiro atoms. The van der Waals surface area contributed by atoms with Gasteiger partial charge in [-0.1, -0.05) is 12.0 Å². The van der Waals surface area contributed by atoms with E-state index in [0.717, 1.165) is 32.2 Å². The lowest BCUT2D eigenvalue weighted by atomic mass is 10.1. The maximum Gasteiger partial charge on any atom is 0.127 e.